The summed E-state index contributed by atoms with van der Waals surface area (Å²) in [6.07, 6.45) is -1.05. The summed E-state index contributed by atoms with van der Waals surface area (Å²) in [4.78, 5) is 17.5. The largest absolute Gasteiger partial charge is 0.387 e. The molecule has 0 bridgehead atoms. The smallest absolute Gasteiger partial charge is 0.252 e. The van der Waals surface area contributed by atoms with Crippen LogP contribution >= 0.6 is 0 Å². The van der Waals surface area contributed by atoms with Crippen LogP contribution in [0.25, 0.3) is 22.2 Å². The van der Waals surface area contributed by atoms with Crippen molar-refractivity contribution in [2.45, 2.75) is 6.10 Å². The summed E-state index contributed by atoms with van der Waals surface area (Å²) in [5.41, 5.74) is 2.59. The summed E-state index contributed by atoms with van der Waals surface area (Å²) in [5.74, 6) is -1.21. The van der Waals surface area contributed by atoms with Crippen LogP contribution in [0.5, 0.6) is 0 Å². The van der Waals surface area contributed by atoms with E-state index in [1.807, 2.05) is 6.07 Å². The number of carbonyl (C=O) groups is 1. The molecular weight excluding hydrogens is 386 g/mol. The number of hydrogen-bond acceptors (Lipinski definition) is 3. The molecule has 1 aromatic heterocycles. The van der Waals surface area contributed by atoms with Crippen molar-refractivity contribution in [3.05, 3.63) is 102 Å². The van der Waals surface area contributed by atoms with Crippen LogP contribution in [-0.2, 0) is 0 Å². The first-order valence-corrected chi connectivity index (χ1v) is 9.39. The van der Waals surface area contributed by atoms with Crippen molar-refractivity contribution >= 4 is 16.8 Å². The van der Waals surface area contributed by atoms with Gasteiger partial charge in [0.15, 0.2) is 0 Å². The normalized spacial score (nSPS) is 12.0. The number of aromatic nitrogens is 1. The molecular formula is C24H18F2N2O2. The van der Waals surface area contributed by atoms with E-state index in [9.17, 15) is 18.7 Å². The van der Waals surface area contributed by atoms with Gasteiger partial charge in [0.25, 0.3) is 5.91 Å². The van der Waals surface area contributed by atoms with Crippen molar-refractivity contribution in [1.82, 2.24) is 10.3 Å². The van der Waals surface area contributed by atoms with Gasteiger partial charge in [0.2, 0.25) is 0 Å². The molecule has 1 atom stereocenters. The molecule has 1 heterocycles. The Balaban J connectivity index is 1.63. The number of pyridine rings is 1. The minimum Gasteiger partial charge on any atom is -0.387 e. The van der Waals surface area contributed by atoms with Crippen molar-refractivity contribution in [3.63, 3.8) is 0 Å². The zero-order valence-corrected chi connectivity index (χ0v) is 15.8. The van der Waals surface area contributed by atoms with Gasteiger partial charge in [-0.15, -0.1) is 0 Å². The topological polar surface area (TPSA) is 62.2 Å². The molecule has 0 aliphatic carbocycles. The fraction of sp³-hybridized carbons (Fsp3) is 0.0833. The molecule has 150 valence electrons. The Morgan fingerprint density at radius 3 is 2.47 bits per heavy atom. The highest BCUT2D eigenvalue weighted by Gasteiger charge is 2.16. The second-order valence-corrected chi connectivity index (χ2v) is 6.86. The number of benzene rings is 3. The van der Waals surface area contributed by atoms with Gasteiger partial charge in [0.05, 0.1) is 22.9 Å². The number of amides is 1. The molecule has 6 heteroatoms. The van der Waals surface area contributed by atoms with E-state index in [0.29, 0.717) is 33.3 Å². The van der Waals surface area contributed by atoms with Crippen LogP contribution in [-0.4, -0.2) is 22.5 Å². The molecule has 0 fully saturated rings. The lowest BCUT2D eigenvalue weighted by Crippen LogP contribution is -2.28. The maximum Gasteiger partial charge on any atom is 0.252 e. The van der Waals surface area contributed by atoms with Crippen LogP contribution in [0.4, 0.5) is 8.78 Å². The number of fused-ring (bicyclic) bond motifs is 1. The number of rotatable bonds is 5. The predicted molar refractivity (Wildman–Crippen MR) is 111 cm³/mol. The van der Waals surface area contributed by atoms with Crippen molar-refractivity contribution in [2.24, 2.45) is 0 Å². The summed E-state index contributed by atoms with van der Waals surface area (Å²) in [5, 5.41) is 13.6. The highest BCUT2D eigenvalue weighted by Crippen LogP contribution is 2.25. The minimum absolute atomic E-state index is 0.0786. The van der Waals surface area contributed by atoms with E-state index in [1.54, 1.807) is 42.5 Å². The molecule has 0 saturated heterocycles. The van der Waals surface area contributed by atoms with Crippen molar-refractivity contribution in [3.8, 4) is 11.3 Å². The van der Waals surface area contributed by atoms with Crippen LogP contribution in [0.1, 0.15) is 22.0 Å². The van der Waals surface area contributed by atoms with Crippen LogP contribution in [0.2, 0.25) is 0 Å². The van der Waals surface area contributed by atoms with E-state index in [-0.39, 0.29) is 12.4 Å². The first kappa shape index (κ1) is 19.7. The van der Waals surface area contributed by atoms with Crippen LogP contribution in [0.3, 0.4) is 0 Å². The van der Waals surface area contributed by atoms with Crippen LogP contribution in [0, 0.1) is 11.6 Å². The van der Waals surface area contributed by atoms with Gasteiger partial charge in [-0.25, -0.2) is 13.8 Å². The first-order chi connectivity index (χ1) is 14.5. The SMILES string of the molecule is O=C(NCC(O)c1cccc(F)c1)c1cc(-c2ccc(F)cc2)nc2ccccc12. The van der Waals surface area contributed by atoms with E-state index in [4.69, 9.17) is 0 Å². The Morgan fingerprint density at radius 2 is 1.70 bits per heavy atom. The summed E-state index contributed by atoms with van der Waals surface area (Å²) in [7, 11) is 0. The lowest BCUT2D eigenvalue weighted by atomic mass is 10.0. The van der Waals surface area contributed by atoms with E-state index in [2.05, 4.69) is 10.3 Å². The van der Waals surface area contributed by atoms with Gasteiger partial charge in [0.1, 0.15) is 11.6 Å². The molecule has 4 nitrogen and oxygen atoms in total. The number of aliphatic hydroxyl groups excluding tert-OH is 1. The molecule has 0 spiro atoms. The van der Waals surface area contributed by atoms with E-state index in [1.165, 1.54) is 30.3 Å². The molecule has 1 amide bonds. The van der Waals surface area contributed by atoms with E-state index >= 15 is 0 Å². The molecule has 0 radical (unpaired) electrons. The highest BCUT2D eigenvalue weighted by molar-refractivity contribution is 6.07. The van der Waals surface area contributed by atoms with Gasteiger partial charge in [-0.1, -0.05) is 30.3 Å². The fourth-order valence-corrected chi connectivity index (χ4v) is 3.25. The molecule has 4 rings (SSSR count). The van der Waals surface area contributed by atoms with Crippen molar-refractivity contribution < 1.29 is 18.7 Å². The van der Waals surface area contributed by atoms with Gasteiger partial charge in [-0.05, 0) is 54.1 Å². The van der Waals surface area contributed by atoms with E-state index in [0.717, 1.165) is 0 Å². The maximum absolute atomic E-state index is 13.4. The monoisotopic (exact) mass is 404 g/mol. The summed E-state index contributed by atoms with van der Waals surface area (Å²) in [6.45, 7) is -0.0786. The Kier molecular flexibility index (Phi) is 5.50. The number of carbonyl (C=O) groups excluding carboxylic acids is 1. The molecule has 30 heavy (non-hydrogen) atoms. The van der Waals surface area contributed by atoms with Gasteiger partial charge in [0, 0.05) is 17.5 Å². The second-order valence-electron chi connectivity index (χ2n) is 6.86. The molecule has 1 unspecified atom stereocenters. The zero-order chi connectivity index (χ0) is 21.1. The Morgan fingerprint density at radius 1 is 0.933 bits per heavy atom. The van der Waals surface area contributed by atoms with Crippen molar-refractivity contribution in [1.29, 1.82) is 0 Å². The average Bonchev–Trinajstić information content (AvgIpc) is 2.77. The zero-order valence-electron chi connectivity index (χ0n) is 15.8. The van der Waals surface area contributed by atoms with E-state index < -0.39 is 17.8 Å². The number of aliphatic hydroxyl groups is 1. The Labute approximate surface area is 171 Å². The third-order valence-corrected chi connectivity index (χ3v) is 4.79. The highest BCUT2D eigenvalue weighted by atomic mass is 19.1. The molecule has 2 N–H and O–H groups in total. The fourth-order valence-electron chi connectivity index (χ4n) is 3.25. The lowest BCUT2D eigenvalue weighted by Gasteiger charge is -2.14. The molecule has 0 aliphatic rings. The third kappa shape index (κ3) is 4.18. The standard InChI is InChI=1S/C24H18F2N2O2/c25-17-10-8-15(9-11-17)22-13-20(19-6-1-2-7-21(19)28-22)24(30)27-14-23(29)16-4-3-5-18(26)12-16/h1-13,23,29H,14H2,(H,27,30). The molecule has 0 aliphatic heterocycles. The molecule has 4 aromatic rings. The summed E-state index contributed by atoms with van der Waals surface area (Å²) in [6, 6.07) is 20.3. The second kappa shape index (κ2) is 8.39. The number of para-hydroxylation sites is 1. The van der Waals surface area contributed by atoms with Gasteiger partial charge < -0.3 is 10.4 Å². The Hall–Kier alpha value is -3.64. The summed E-state index contributed by atoms with van der Waals surface area (Å²) < 4.78 is 26.6. The maximum atomic E-state index is 13.4. The minimum atomic E-state index is -1.05. The molecule has 3 aromatic carbocycles. The predicted octanol–water partition coefficient (Wildman–Crippen LogP) is 4.64. The van der Waals surface area contributed by atoms with Crippen LogP contribution in [0.15, 0.2) is 78.9 Å². The van der Waals surface area contributed by atoms with Crippen molar-refractivity contribution in [2.75, 3.05) is 6.54 Å². The average molecular weight is 404 g/mol. The Bertz CT molecular complexity index is 1210. The van der Waals surface area contributed by atoms with Gasteiger partial charge in [-0.3, -0.25) is 4.79 Å². The lowest BCUT2D eigenvalue weighted by molar-refractivity contribution is 0.0918. The number of nitrogens with zero attached hydrogens (tertiary/aromatic N) is 1. The van der Waals surface area contributed by atoms with Crippen LogP contribution < -0.4 is 5.32 Å². The molecule has 0 saturated carbocycles. The van der Waals surface area contributed by atoms with Gasteiger partial charge in [-0.2, -0.15) is 0 Å². The number of halogens is 2. The quantitative estimate of drug-likeness (QED) is 0.509. The number of hydrogen-bond donors (Lipinski definition) is 2. The number of nitrogens with one attached hydrogen (secondary N) is 1. The van der Waals surface area contributed by atoms with Gasteiger partial charge >= 0.3 is 0 Å². The summed E-state index contributed by atoms with van der Waals surface area (Å²) >= 11 is 0. The first-order valence-electron chi connectivity index (χ1n) is 9.39. The third-order valence-electron chi connectivity index (χ3n) is 4.79.